The summed E-state index contributed by atoms with van der Waals surface area (Å²) >= 11 is 0. The molecule has 1 N–H and O–H groups in total. The maximum Gasteiger partial charge on any atom is 0.0802 e. The van der Waals surface area contributed by atoms with E-state index >= 15 is 0 Å². The Morgan fingerprint density at radius 1 is 1.19 bits per heavy atom. The number of hydrogen-bond donors (Lipinski definition) is 1. The van der Waals surface area contributed by atoms with Gasteiger partial charge in [-0.1, -0.05) is 54.8 Å². The van der Waals surface area contributed by atoms with E-state index in [0.717, 1.165) is 47.6 Å². The summed E-state index contributed by atoms with van der Waals surface area (Å²) in [5, 5.41) is 7.81. The van der Waals surface area contributed by atoms with Crippen molar-refractivity contribution in [1.82, 2.24) is 20.0 Å². The van der Waals surface area contributed by atoms with Crippen molar-refractivity contribution in [1.29, 1.82) is 0 Å². The average molecular weight is 423 g/mol. The molecule has 1 heterocycles. The third kappa shape index (κ3) is 6.26. The predicted octanol–water partition coefficient (Wildman–Crippen LogP) is 5.51. The van der Waals surface area contributed by atoms with Crippen LogP contribution in [0.2, 0.25) is 0 Å². The molecule has 32 heavy (non-hydrogen) atoms. The van der Waals surface area contributed by atoms with Crippen LogP contribution in [0.1, 0.15) is 35.6 Å². The maximum atomic E-state index is 4.38. The van der Waals surface area contributed by atoms with Gasteiger partial charge in [0.1, 0.15) is 0 Å². The van der Waals surface area contributed by atoms with Crippen LogP contribution in [0.25, 0.3) is 11.4 Å². The number of nitrogens with zero attached hydrogens (tertiary/aromatic N) is 3. The molecule has 0 aliphatic rings. The van der Waals surface area contributed by atoms with Crippen molar-refractivity contribution in [2.75, 3.05) is 13.1 Å². The molecule has 0 bridgehead atoms. The fourth-order valence-corrected chi connectivity index (χ4v) is 3.23. The van der Waals surface area contributed by atoms with E-state index in [2.05, 4.69) is 71.5 Å². The summed E-state index contributed by atoms with van der Waals surface area (Å²) in [5.41, 5.74) is 5.95. The van der Waals surface area contributed by atoms with Crippen LogP contribution in [0.3, 0.4) is 0 Å². The second kappa shape index (κ2) is 11.4. The molecule has 2 aromatic carbocycles. The van der Waals surface area contributed by atoms with Crippen LogP contribution in [0.15, 0.2) is 92.6 Å². The first-order valence-corrected chi connectivity index (χ1v) is 10.8. The molecule has 0 saturated carbocycles. The molecule has 0 fully saturated rings. The van der Waals surface area contributed by atoms with Crippen molar-refractivity contribution in [3.05, 3.63) is 115 Å². The molecule has 0 atom stereocenters. The van der Waals surface area contributed by atoms with Crippen molar-refractivity contribution >= 4 is 5.70 Å². The van der Waals surface area contributed by atoms with Gasteiger partial charge in [-0.15, -0.1) is 0 Å². The maximum absolute atomic E-state index is 4.38. The van der Waals surface area contributed by atoms with Crippen LogP contribution in [0, 0.1) is 18.8 Å². The van der Waals surface area contributed by atoms with Crippen LogP contribution in [0.5, 0.6) is 0 Å². The summed E-state index contributed by atoms with van der Waals surface area (Å²) in [6, 6.07) is 16.3. The Morgan fingerprint density at radius 2 is 2.00 bits per heavy atom. The fraction of sp³-hybridized carbons (Fsp3) is 0.179. The molecule has 0 saturated heterocycles. The minimum Gasteiger partial charge on any atom is -0.385 e. The second-order valence-electron chi connectivity index (χ2n) is 7.46. The van der Waals surface area contributed by atoms with E-state index in [1.807, 2.05) is 60.5 Å². The lowest BCUT2D eigenvalue weighted by molar-refractivity contribution is 0.487. The van der Waals surface area contributed by atoms with Crippen molar-refractivity contribution < 1.29 is 0 Å². The summed E-state index contributed by atoms with van der Waals surface area (Å²) in [7, 11) is 0. The lowest BCUT2D eigenvalue weighted by Crippen LogP contribution is -2.19. The van der Waals surface area contributed by atoms with Gasteiger partial charge >= 0.3 is 0 Å². The van der Waals surface area contributed by atoms with Gasteiger partial charge in [0.05, 0.1) is 11.3 Å². The highest BCUT2D eigenvalue weighted by atomic mass is 15.3. The van der Waals surface area contributed by atoms with E-state index in [9.17, 15) is 0 Å². The molecule has 0 aliphatic carbocycles. The molecule has 3 aromatic rings. The van der Waals surface area contributed by atoms with E-state index in [0.29, 0.717) is 0 Å². The van der Waals surface area contributed by atoms with Gasteiger partial charge < -0.3 is 10.2 Å². The fourth-order valence-electron chi connectivity index (χ4n) is 3.23. The van der Waals surface area contributed by atoms with Crippen molar-refractivity contribution in [2.45, 2.75) is 20.3 Å². The zero-order valence-electron chi connectivity index (χ0n) is 18.9. The monoisotopic (exact) mass is 422 g/mol. The highest BCUT2D eigenvalue weighted by Gasteiger charge is 2.07. The van der Waals surface area contributed by atoms with E-state index in [-0.39, 0.29) is 0 Å². The van der Waals surface area contributed by atoms with Gasteiger partial charge in [0.2, 0.25) is 0 Å². The van der Waals surface area contributed by atoms with Gasteiger partial charge in [0, 0.05) is 36.7 Å². The van der Waals surface area contributed by atoms with Gasteiger partial charge in [-0.25, -0.2) is 4.68 Å². The van der Waals surface area contributed by atoms with Gasteiger partial charge in [-0.2, -0.15) is 5.10 Å². The molecule has 0 unspecified atom stereocenters. The molecule has 0 amide bonds. The first kappa shape index (κ1) is 22.7. The smallest absolute Gasteiger partial charge is 0.0802 e. The van der Waals surface area contributed by atoms with E-state index in [1.165, 1.54) is 5.56 Å². The predicted molar refractivity (Wildman–Crippen MR) is 134 cm³/mol. The van der Waals surface area contributed by atoms with Gasteiger partial charge in [-0.3, -0.25) is 0 Å². The molecular weight excluding hydrogens is 392 g/mol. The van der Waals surface area contributed by atoms with Crippen LogP contribution in [0.4, 0.5) is 0 Å². The normalized spacial score (nSPS) is 10.4. The molecule has 0 radical (unpaired) electrons. The van der Waals surface area contributed by atoms with Gasteiger partial charge in [0.15, 0.2) is 0 Å². The molecule has 1 aromatic heterocycles. The third-order valence-electron chi connectivity index (χ3n) is 5.00. The Balaban J connectivity index is 1.76. The largest absolute Gasteiger partial charge is 0.385 e. The molecule has 4 nitrogen and oxygen atoms in total. The topological polar surface area (TPSA) is 33.1 Å². The Hall–Kier alpha value is -3.97. The number of allylic oxidation sites excluding steroid dienone is 1. The molecule has 162 valence electrons. The molecule has 3 rings (SSSR count). The standard InChI is InChI=1S/C28H30N4/c1-5-19-31(6-2)20-7-17-29-24(4)26-15-16-28(32-21-8-18-30-32)27(22-26)14-13-25-11-9-23(3)10-12-25/h5-6,8-12,15-16,18-19,21-22,29H,2,4,7,17,20H2,1,3H3/b19-5-. The summed E-state index contributed by atoms with van der Waals surface area (Å²) in [6.45, 7) is 13.9. The first-order valence-electron chi connectivity index (χ1n) is 10.8. The summed E-state index contributed by atoms with van der Waals surface area (Å²) in [4.78, 5) is 2.07. The Bertz CT molecular complexity index is 1130. The second-order valence-corrected chi connectivity index (χ2v) is 7.46. The number of benzene rings is 2. The number of aromatic nitrogens is 2. The lowest BCUT2D eigenvalue weighted by Gasteiger charge is -2.16. The van der Waals surface area contributed by atoms with Gasteiger partial charge in [0.25, 0.3) is 0 Å². The van der Waals surface area contributed by atoms with E-state index < -0.39 is 0 Å². The SMILES string of the molecule is C=CN(/C=C\C)CCCNC(=C)c1ccc(-n2cccn2)c(C#Cc2ccc(C)cc2)c1. The minimum atomic E-state index is 0.825. The summed E-state index contributed by atoms with van der Waals surface area (Å²) < 4.78 is 1.84. The number of aryl methyl sites for hydroxylation is 1. The molecule has 0 spiro atoms. The minimum absolute atomic E-state index is 0.825. The van der Waals surface area contributed by atoms with Crippen LogP contribution in [-0.2, 0) is 0 Å². The van der Waals surface area contributed by atoms with Crippen LogP contribution < -0.4 is 5.32 Å². The third-order valence-corrected chi connectivity index (χ3v) is 5.00. The highest BCUT2D eigenvalue weighted by molar-refractivity contribution is 5.67. The highest BCUT2D eigenvalue weighted by Crippen LogP contribution is 2.19. The zero-order chi connectivity index (χ0) is 22.8. The van der Waals surface area contributed by atoms with Crippen molar-refractivity contribution in [2.24, 2.45) is 0 Å². The first-order chi connectivity index (χ1) is 15.6. The van der Waals surface area contributed by atoms with Crippen LogP contribution in [-0.4, -0.2) is 27.8 Å². The zero-order valence-corrected chi connectivity index (χ0v) is 18.9. The Labute approximate surface area is 191 Å². The quantitative estimate of drug-likeness (QED) is 0.365. The lowest BCUT2D eigenvalue weighted by atomic mass is 10.1. The number of nitrogens with one attached hydrogen (secondary N) is 1. The summed E-state index contributed by atoms with van der Waals surface area (Å²) in [5.74, 6) is 6.61. The molecule has 4 heteroatoms. The molecular formula is C28H30N4. The van der Waals surface area contributed by atoms with Crippen molar-refractivity contribution in [3.63, 3.8) is 0 Å². The van der Waals surface area contributed by atoms with E-state index in [4.69, 9.17) is 0 Å². The Morgan fingerprint density at radius 3 is 2.69 bits per heavy atom. The van der Waals surface area contributed by atoms with E-state index in [1.54, 1.807) is 6.20 Å². The average Bonchev–Trinajstić information content (AvgIpc) is 3.35. The number of hydrogen-bond acceptors (Lipinski definition) is 3. The van der Waals surface area contributed by atoms with Gasteiger partial charge in [-0.05, 0) is 68.6 Å². The van der Waals surface area contributed by atoms with Crippen LogP contribution >= 0.6 is 0 Å². The molecule has 0 aliphatic heterocycles. The summed E-state index contributed by atoms with van der Waals surface area (Å²) in [6.07, 6.45) is 10.5. The van der Waals surface area contributed by atoms with Crippen molar-refractivity contribution in [3.8, 4) is 17.5 Å². The Kier molecular flexibility index (Phi) is 8.11. The number of rotatable bonds is 9.